The van der Waals surface area contributed by atoms with Crippen molar-refractivity contribution in [3.05, 3.63) is 129 Å². The number of hydrogen-bond donors (Lipinski definition) is 2. The van der Waals surface area contributed by atoms with Gasteiger partial charge in [-0.2, -0.15) is 5.26 Å². The molecule has 0 spiro atoms. The summed E-state index contributed by atoms with van der Waals surface area (Å²) in [6.07, 6.45) is -2.94. The van der Waals surface area contributed by atoms with E-state index in [0.29, 0.717) is 11.5 Å². The van der Waals surface area contributed by atoms with Crippen LogP contribution in [0.3, 0.4) is 0 Å². The summed E-state index contributed by atoms with van der Waals surface area (Å²) in [7, 11) is 3.19. The average Bonchev–Trinajstić information content (AvgIpc) is 3.36. The SMILES string of the molecule is COc1ccc(C(OC[C@H]2O[C@@H](n3ccc(=O)[nH]c3=O)[C@@H](OCCC#N)C2O)(c2ccccc2)c2ccc(OC)cc2)cc1. The van der Waals surface area contributed by atoms with E-state index in [1.165, 1.54) is 12.3 Å². The Morgan fingerprint density at radius 1 is 0.909 bits per heavy atom. The van der Waals surface area contributed by atoms with Gasteiger partial charge >= 0.3 is 5.69 Å². The van der Waals surface area contributed by atoms with Gasteiger partial charge in [0, 0.05) is 12.3 Å². The first kappa shape index (κ1) is 30.7. The van der Waals surface area contributed by atoms with E-state index in [-0.39, 0.29) is 19.6 Å². The van der Waals surface area contributed by atoms with Crippen LogP contribution in [-0.4, -0.2) is 60.4 Å². The highest BCUT2D eigenvalue weighted by molar-refractivity contribution is 5.49. The first-order valence-electron chi connectivity index (χ1n) is 14.0. The normalized spacial score (nSPS) is 19.8. The summed E-state index contributed by atoms with van der Waals surface area (Å²) in [5.74, 6) is 1.35. The van der Waals surface area contributed by atoms with Crippen molar-refractivity contribution in [3.8, 4) is 17.6 Å². The van der Waals surface area contributed by atoms with Crippen LogP contribution in [-0.2, 0) is 19.8 Å². The molecule has 1 saturated heterocycles. The quantitative estimate of drug-likeness (QED) is 0.185. The maximum atomic E-state index is 12.7. The van der Waals surface area contributed by atoms with E-state index in [2.05, 4.69) is 4.98 Å². The van der Waals surface area contributed by atoms with E-state index in [0.717, 1.165) is 21.3 Å². The molecule has 1 aliphatic rings. The summed E-state index contributed by atoms with van der Waals surface area (Å²) in [5.41, 5.74) is -0.0706. The van der Waals surface area contributed by atoms with E-state index in [1.807, 2.05) is 84.9 Å². The highest BCUT2D eigenvalue weighted by atomic mass is 16.6. The zero-order valence-corrected chi connectivity index (χ0v) is 24.3. The number of aromatic amines is 1. The molecular weight excluding hydrogens is 566 g/mol. The maximum absolute atomic E-state index is 12.7. The second kappa shape index (κ2) is 13.7. The second-order valence-corrected chi connectivity index (χ2v) is 10.1. The van der Waals surface area contributed by atoms with E-state index in [4.69, 9.17) is 28.9 Å². The van der Waals surface area contributed by atoms with Crippen molar-refractivity contribution in [2.75, 3.05) is 27.4 Å². The molecule has 11 heteroatoms. The number of nitrogens with zero attached hydrogens (tertiary/aromatic N) is 2. The predicted molar refractivity (Wildman–Crippen MR) is 159 cm³/mol. The van der Waals surface area contributed by atoms with Gasteiger partial charge in [0.25, 0.3) is 5.56 Å². The third-order valence-electron chi connectivity index (χ3n) is 7.60. The highest BCUT2D eigenvalue weighted by Crippen LogP contribution is 2.43. The number of aliphatic hydroxyl groups is 1. The van der Waals surface area contributed by atoms with Gasteiger partial charge in [0.2, 0.25) is 0 Å². The van der Waals surface area contributed by atoms with Crippen molar-refractivity contribution in [3.63, 3.8) is 0 Å². The van der Waals surface area contributed by atoms with Gasteiger partial charge in [-0.25, -0.2) is 4.79 Å². The molecule has 0 bridgehead atoms. The summed E-state index contributed by atoms with van der Waals surface area (Å²) < 4.78 is 30.9. The van der Waals surface area contributed by atoms with Crippen LogP contribution >= 0.6 is 0 Å². The Kier molecular flexibility index (Phi) is 9.57. The van der Waals surface area contributed by atoms with Crippen LogP contribution in [0.15, 0.2) is 101 Å². The molecule has 3 aromatic carbocycles. The van der Waals surface area contributed by atoms with Crippen LogP contribution in [0.2, 0.25) is 0 Å². The summed E-state index contributed by atoms with van der Waals surface area (Å²) in [6.45, 7) is -0.115. The van der Waals surface area contributed by atoms with Gasteiger partial charge in [0.15, 0.2) is 6.23 Å². The van der Waals surface area contributed by atoms with Crippen molar-refractivity contribution in [1.29, 1.82) is 5.26 Å². The highest BCUT2D eigenvalue weighted by Gasteiger charge is 2.48. The molecule has 2 heterocycles. The number of methoxy groups -OCH3 is 2. The monoisotopic (exact) mass is 599 g/mol. The first-order valence-corrected chi connectivity index (χ1v) is 14.0. The molecule has 2 N–H and O–H groups in total. The maximum Gasteiger partial charge on any atom is 0.330 e. The van der Waals surface area contributed by atoms with Crippen LogP contribution in [0.4, 0.5) is 0 Å². The number of aromatic nitrogens is 2. The number of aliphatic hydroxyl groups excluding tert-OH is 1. The second-order valence-electron chi connectivity index (χ2n) is 10.1. The minimum absolute atomic E-state index is 0.00934. The Morgan fingerprint density at radius 3 is 2.05 bits per heavy atom. The van der Waals surface area contributed by atoms with Crippen molar-refractivity contribution < 1.29 is 28.8 Å². The first-order chi connectivity index (χ1) is 21.4. The summed E-state index contributed by atoms with van der Waals surface area (Å²) in [4.78, 5) is 26.6. The molecule has 0 aliphatic carbocycles. The molecule has 1 unspecified atom stereocenters. The molecular formula is C33H33N3O8. The molecule has 1 aliphatic heterocycles. The van der Waals surface area contributed by atoms with Gasteiger partial charge in [0.05, 0.1) is 39.9 Å². The number of hydrogen-bond acceptors (Lipinski definition) is 9. The van der Waals surface area contributed by atoms with Crippen LogP contribution < -0.4 is 20.7 Å². The minimum Gasteiger partial charge on any atom is -0.497 e. The molecule has 0 radical (unpaired) electrons. The van der Waals surface area contributed by atoms with Gasteiger partial charge in [-0.15, -0.1) is 0 Å². The van der Waals surface area contributed by atoms with Crippen LogP contribution in [0.5, 0.6) is 11.5 Å². The van der Waals surface area contributed by atoms with Crippen molar-refractivity contribution >= 4 is 0 Å². The third kappa shape index (κ3) is 6.15. The van der Waals surface area contributed by atoms with E-state index in [9.17, 15) is 14.7 Å². The van der Waals surface area contributed by atoms with Crippen molar-refractivity contribution in [1.82, 2.24) is 9.55 Å². The minimum atomic E-state index is -1.24. The number of rotatable bonds is 12. The lowest BCUT2D eigenvalue weighted by atomic mass is 9.80. The lowest BCUT2D eigenvalue weighted by Gasteiger charge is -2.37. The summed E-state index contributed by atoms with van der Waals surface area (Å²) in [5, 5.41) is 20.5. The van der Waals surface area contributed by atoms with Gasteiger partial charge in [-0.3, -0.25) is 14.3 Å². The smallest absolute Gasteiger partial charge is 0.330 e. The van der Waals surface area contributed by atoms with E-state index >= 15 is 0 Å². The van der Waals surface area contributed by atoms with Gasteiger partial charge in [-0.05, 0) is 41.0 Å². The molecule has 1 aromatic heterocycles. The van der Waals surface area contributed by atoms with Crippen molar-refractivity contribution in [2.45, 2.75) is 36.6 Å². The number of nitriles is 1. The van der Waals surface area contributed by atoms with E-state index < -0.39 is 41.4 Å². The zero-order valence-electron chi connectivity index (χ0n) is 24.3. The fraction of sp³-hybridized carbons (Fsp3) is 0.303. The third-order valence-corrected chi connectivity index (χ3v) is 7.60. The number of nitrogens with one attached hydrogen (secondary N) is 1. The van der Waals surface area contributed by atoms with Crippen LogP contribution in [0.1, 0.15) is 29.3 Å². The Labute approximate surface area is 253 Å². The molecule has 1 fully saturated rings. The summed E-state index contributed by atoms with van der Waals surface area (Å²) in [6, 6.07) is 27.9. The zero-order chi connectivity index (χ0) is 31.1. The molecule has 4 atom stereocenters. The van der Waals surface area contributed by atoms with Crippen molar-refractivity contribution in [2.24, 2.45) is 0 Å². The number of ether oxygens (including phenoxy) is 5. The number of benzene rings is 3. The molecule has 11 nitrogen and oxygen atoms in total. The Bertz CT molecular complexity index is 1630. The standard InChI is InChI=1S/C33H33N3O8/c1-40-25-13-9-23(10-14-25)33(22-7-4-3-5-8-22,24-11-15-26(41-2)16-12-24)43-21-27-29(38)30(42-20-6-18-34)31(44-27)36-19-17-28(37)35-32(36)39/h3-5,7-17,19,27,29-31,38H,6,20-21H2,1-2H3,(H,35,37,39)/t27-,29?,30+,31-/m1/s1. The molecule has 4 aromatic rings. The van der Waals surface area contributed by atoms with E-state index in [1.54, 1.807) is 14.2 Å². The van der Waals surface area contributed by atoms with Gasteiger partial charge < -0.3 is 28.8 Å². The molecule has 0 saturated carbocycles. The van der Waals surface area contributed by atoms with Gasteiger partial charge in [-0.1, -0.05) is 54.6 Å². The number of H-pyrrole nitrogens is 1. The molecule has 44 heavy (non-hydrogen) atoms. The Morgan fingerprint density at radius 2 is 1.50 bits per heavy atom. The summed E-state index contributed by atoms with van der Waals surface area (Å²) >= 11 is 0. The van der Waals surface area contributed by atoms with Gasteiger partial charge in [0.1, 0.15) is 35.4 Å². The topological polar surface area (TPSA) is 145 Å². The molecule has 5 rings (SSSR count). The Hall–Kier alpha value is -4.73. The lowest BCUT2D eigenvalue weighted by Crippen LogP contribution is -2.41. The fourth-order valence-corrected chi connectivity index (χ4v) is 5.41. The lowest BCUT2D eigenvalue weighted by molar-refractivity contribution is -0.0980. The average molecular weight is 600 g/mol. The molecule has 228 valence electrons. The Balaban J connectivity index is 1.56. The fourth-order valence-electron chi connectivity index (χ4n) is 5.41. The molecule has 0 amide bonds. The predicted octanol–water partition coefficient (Wildman–Crippen LogP) is 3.12. The van der Waals surface area contributed by atoms with Crippen LogP contribution in [0.25, 0.3) is 0 Å². The van der Waals surface area contributed by atoms with Crippen LogP contribution in [0, 0.1) is 11.3 Å². The largest absolute Gasteiger partial charge is 0.497 e.